The number of rotatable bonds is 13. The normalized spacial score (nSPS) is 19.5. The zero-order valence-electron chi connectivity index (χ0n) is 28.4. The molecule has 0 saturated carbocycles. The molecule has 4 atom stereocenters. The van der Waals surface area contributed by atoms with Gasteiger partial charge in [-0.1, -0.05) is 50.8 Å². The lowest BCUT2D eigenvalue weighted by molar-refractivity contribution is -0.153. The first-order valence-electron chi connectivity index (χ1n) is 15.9. The molecular formula is C35H49N3O9. The smallest absolute Gasteiger partial charge is 0.407 e. The van der Waals surface area contributed by atoms with Crippen LogP contribution in [0.25, 0.3) is 6.08 Å². The van der Waals surface area contributed by atoms with Crippen LogP contribution in [0.3, 0.4) is 0 Å². The average Bonchev–Trinajstić information content (AvgIpc) is 3.64. The number of esters is 2. The Morgan fingerprint density at radius 3 is 2.40 bits per heavy atom. The standard InChI is InChI=1S/C35H49N3O9/c1-9-11-15-35(6,7)21-45-33(43)37-27(19-36-32(42)47-34(3,4)5)29(39)38-20-25(18-28(38)31(41)44-8)46-30(40)24-16-23-14-12-13-22(10-2)26(23)17-24/h9-10,12-14,24-25,27-28H,1-2,11,15-21H2,3-8H3,(H,36,42)(H,37,43)/t24?,25?,27-,28?/m0/s1. The van der Waals surface area contributed by atoms with Crippen molar-refractivity contribution in [1.82, 2.24) is 15.5 Å². The molecule has 1 fully saturated rings. The molecule has 12 nitrogen and oxygen atoms in total. The zero-order chi connectivity index (χ0) is 34.9. The topological polar surface area (TPSA) is 150 Å². The van der Waals surface area contributed by atoms with Crippen LogP contribution in [-0.4, -0.2) is 85.5 Å². The molecule has 47 heavy (non-hydrogen) atoms. The highest BCUT2D eigenvalue weighted by Crippen LogP contribution is 2.32. The quantitative estimate of drug-likeness (QED) is 0.180. The predicted molar refractivity (Wildman–Crippen MR) is 175 cm³/mol. The van der Waals surface area contributed by atoms with Gasteiger partial charge in [0.25, 0.3) is 0 Å². The summed E-state index contributed by atoms with van der Waals surface area (Å²) in [4.78, 5) is 66.6. The van der Waals surface area contributed by atoms with Crippen molar-refractivity contribution < 1.29 is 42.9 Å². The van der Waals surface area contributed by atoms with E-state index in [-0.39, 0.29) is 31.5 Å². The number of methoxy groups -OCH3 is 1. The Hall–Kier alpha value is -4.35. The number of carbonyl (C=O) groups excluding carboxylic acids is 5. The van der Waals surface area contributed by atoms with Gasteiger partial charge in [0.2, 0.25) is 5.91 Å². The summed E-state index contributed by atoms with van der Waals surface area (Å²) in [5, 5.41) is 5.04. The fraction of sp³-hybridized carbons (Fsp3) is 0.571. The van der Waals surface area contributed by atoms with Gasteiger partial charge < -0.3 is 34.5 Å². The van der Waals surface area contributed by atoms with Crippen LogP contribution in [-0.2, 0) is 46.2 Å². The molecular weight excluding hydrogens is 606 g/mol. The van der Waals surface area contributed by atoms with E-state index < -0.39 is 59.7 Å². The maximum atomic E-state index is 14.0. The summed E-state index contributed by atoms with van der Waals surface area (Å²) in [6.07, 6.45) is 3.55. The predicted octanol–water partition coefficient (Wildman–Crippen LogP) is 4.34. The van der Waals surface area contributed by atoms with Crippen molar-refractivity contribution >= 4 is 36.1 Å². The zero-order valence-corrected chi connectivity index (χ0v) is 28.4. The van der Waals surface area contributed by atoms with Crippen LogP contribution in [0, 0.1) is 11.3 Å². The molecule has 1 aromatic carbocycles. The minimum absolute atomic E-state index is 0.00980. The van der Waals surface area contributed by atoms with E-state index in [4.69, 9.17) is 18.9 Å². The summed E-state index contributed by atoms with van der Waals surface area (Å²) < 4.78 is 21.5. The number of ether oxygens (including phenoxy) is 4. The van der Waals surface area contributed by atoms with Crippen LogP contribution < -0.4 is 10.6 Å². The second-order valence-electron chi connectivity index (χ2n) is 13.8. The Bertz CT molecular complexity index is 1350. The van der Waals surface area contributed by atoms with E-state index in [2.05, 4.69) is 23.8 Å². The fourth-order valence-electron chi connectivity index (χ4n) is 5.69. The van der Waals surface area contributed by atoms with E-state index in [1.165, 1.54) is 12.0 Å². The monoisotopic (exact) mass is 655 g/mol. The van der Waals surface area contributed by atoms with E-state index in [9.17, 15) is 24.0 Å². The van der Waals surface area contributed by atoms with E-state index >= 15 is 0 Å². The molecule has 3 unspecified atom stereocenters. The number of hydrogen-bond donors (Lipinski definition) is 2. The van der Waals surface area contributed by atoms with Crippen molar-refractivity contribution in [2.75, 3.05) is 26.8 Å². The molecule has 2 N–H and O–H groups in total. The molecule has 1 aliphatic heterocycles. The molecule has 1 aliphatic carbocycles. The summed E-state index contributed by atoms with van der Waals surface area (Å²) in [7, 11) is 1.20. The van der Waals surface area contributed by atoms with Crippen LogP contribution in [0.4, 0.5) is 9.59 Å². The van der Waals surface area contributed by atoms with Gasteiger partial charge in [-0.15, -0.1) is 6.58 Å². The van der Waals surface area contributed by atoms with Gasteiger partial charge in [0.05, 0.1) is 32.7 Å². The summed E-state index contributed by atoms with van der Waals surface area (Å²) in [6, 6.07) is 3.42. The molecule has 0 spiro atoms. The van der Waals surface area contributed by atoms with Crippen molar-refractivity contribution in [2.24, 2.45) is 11.3 Å². The van der Waals surface area contributed by atoms with Gasteiger partial charge in [-0.25, -0.2) is 14.4 Å². The first-order valence-corrected chi connectivity index (χ1v) is 15.9. The average molecular weight is 656 g/mol. The number of amides is 3. The molecule has 3 rings (SSSR count). The first kappa shape index (κ1) is 37.1. The van der Waals surface area contributed by atoms with Gasteiger partial charge in [0.15, 0.2) is 0 Å². The lowest BCUT2D eigenvalue weighted by Gasteiger charge is -2.29. The van der Waals surface area contributed by atoms with Crippen molar-refractivity contribution in [1.29, 1.82) is 0 Å². The number of benzene rings is 1. The number of nitrogens with one attached hydrogen (secondary N) is 2. The minimum Gasteiger partial charge on any atom is -0.467 e. The number of nitrogens with zero attached hydrogens (tertiary/aromatic N) is 1. The molecule has 1 saturated heterocycles. The summed E-state index contributed by atoms with van der Waals surface area (Å²) in [5.74, 6) is -2.23. The highest BCUT2D eigenvalue weighted by molar-refractivity contribution is 5.91. The van der Waals surface area contributed by atoms with Crippen molar-refractivity contribution in [3.05, 3.63) is 54.1 Å². The molecule has 2 aliphatic rings. The highest BCUT2D eigenvalue weighted by Gasteiger charge is 2.45. The molecule has 1 heterocycles. The number of hydrogen-bond acceptors (Lipinski definition) is 9. The second-order valence-corrected chi connectivity index (χ2v) is 13.8. The van der Waals surface area contributed by atoms with Gasteiger partial charge in [0.1, 0.15) is 23.8 Å². The molecule has 258 valence electrons. The molecule has 1 aromatic rings. The number of carbonyl (C=O) groups is 5. The summed E-state index contributed by atoms with van der Waals surface area (Å²) in [6.45, 7) is 16.1. The highest BCUT2D eigenvalue weighted by atomic mass is 16.6. The van der Waals surface area contributed by atoms with Crippen molar-refractivity contribution in [2.45, 2.75) is 90.5 Å². The van der Waals surface area contributed by atoms with Crippen LogP contribution in [0.1, 0.15) is 70.6 Å². The lowest BCUT2D eigenvalue weighted by atomic mass is 9.89. The van der Waals surface area contributed by atoms with Crippen LogP contribution in [0.5, 0.6) is 0 Å². The van der Waals surface area contributed by atoms with Gasteiger partial charge in [0, 0.05) is 6.42 Å². The summed E-state index contributed by atoms with van der Waals surface area (Å²) in [5.41, 5.74) is 1.93. The maximum absolute atomic E-state index is 14.0. The Morgan fingerprint density at radius 1 is 1.04 bits per heavy atom. The Balaban J connectivity index is 1.74. The number of alkyl carbamates (subject to hydrolysis) is 2. The van der Waals surface area contributed by atoms with Gasteiger partial charge in [-0.3, -0.25) is 9.59 Å². The van der Waals surface area contributed by atoms with Gasteiger partial charge >= 0.3 is 24.1 Å². The first-order chi connectivity index (χ1) is 22.1. The van der Waals surface area contributed by atoms with Gasteiger partial charge in [-0.05, 0) is 68.6 Å². The number of allylic oxidation sites excluding steroid dienone is 1. The SMILES string of the molecule is C=CCCC(C)(C)COC(=O)N[C@@H](CNC(=O)OC(C)(C)C)C(=O)N1CC(OC(=O)C2Cc3cccc(C=C)c3C2)CC1C(=O)OC. The lowest BCUT2D eigenvalue weighted by Crippen LogP contribution is -2.56. The largest absolute Gasteiger partial charge is 0.467 e. The minimum atomic E-state index is -1.34. The molecule has 0 aromatic heterocycles. The van der Waals surface area contributed by atoms with E-state index in [1.54, 1.807) is 32.9 Å². The van der Waals surface area contributed by atoms with Crippen molar-refractivity contribution in [3.8, 4) is 0 Å². The van der Waals surface area contributed by atoms with Gasteiger partial charge in [-0.2, -0.15) is 0 Å². The molecule has 0 radical (unpaired) electrons. The Labute approximate surface area is 277 Å². The fourth-order valence-corrected chi connectivity index (χ4v) is 5.69. The second kappa shape index (κ2) is 16.0. The number of likely N-dealkylation sites (tertiary alicyclic amines) is 1. The summed E-state index contributed by atoms with van der Waals surface area (Å²) >= 11 is 0. The molecule has 12 heteroatoms. The van der Waals surface area contributed by atoms with Crippen molar-refractivity contribution in [3.63, 3.8) is 0 Å². The third-order valence-electron chi connectivity index (χ3n) is 8.14. The maximum Gasteiger partial charge on any atom is 0.407 e. The number of fused-ring (bicyclic) bond motifs is 1. The van der Waals surface area contributed by atoms with E-state index in [1.807, 2.05) is 32.0 Å². The van der Waals surface area contributed by atoms with Crippen LogP contribution in [0.15, 0.2) is 37.4 Å². The third-order valence-corrected chi connectivity index (χ3v) is 8.14. The molecule has 0 bridgehead atoms. The third kappa shape index (κ3) is 10.6. The van der Waals surface area contributed by atoms with Crippen LogP contribution >= 0.6 is 0 Å². The molecule has 3 amide bonds. The Morgan fingerprint density at radius 2 is 1.77 bits per heavy atom. The van der Waals surface area contributed by atoms with E-state index in [0.717, 1.165) is 29.5 Å². The Kier molecular flexibility index (Phi) is 12.6. The van der Waals surface area contributed by atoms with E-state index in [0.29, 0.717) is 12.8 Å². The van der Waals surface area contributed by atoms with Crippen LogP contribution in [0.2, 0.25) is 0 Å².